The second kappa shape index (κ2) is 9.78. The van der Waals surface area contributed by atoms with Crippen LogP contribution in [0.5, 0.6) is 11.5 Å². The molecule has 2 aromatic carbocycles. The van der Waals surface area contributed by atoms with Crippen molar-refractivity contribution in [2.45, 2.75) is 6.92 Å². The lowest BCUT2D eigenvalue weighted by Gasteiger charge is -2.22. The molecule has 30 heavy (non-hydrogen) atoms. The molecular weight excluding hydrogens is 380 g/mol. The van der Waals surface area contributed by atoms with E-state index in [1.165, 1.54) is 0 Å². The van der Waals surface area contributed by atoms with Gasteiger partial charge in [0.05, 0.1) is 45.4 Å². The van der Waals surface area contributed by atoms with Crippen LogP contribution < -0.4 is 19.7 Å². The summed E-state index contributed by atoms with van der Waals surface area (Å²) in [5, 5.41) is 1.89. The Labute approximate surface area is 176 Å². The Kier molecular flexibility index (Phi) is 6.67. The van der Waals surface area contributed by atoms with E-state index in [1.807, 2.05) is 55.5 Å². The van der Waals surface area contributed by atoms with Gasteiger partial charge in [-0.15, -0.1) is 0 Å². The maximum Gasteiger partial charge on any atom is 0.137 e. The maximum absolute atomic E-state index is 6.21. The van der Waals surface area contributed by atoms with Gasteiger partial charge in [0.15, 0.2) is 0 Å². The predicted molar refractivity (Wildman–Crippen MR) is 116 cm³/mol. The average molecular weight is 410 g/mol. The van der Waals surface area contributed by atoms with Crippen LogP contribution in [-0.2, 0) is 4.74 Å². The second-order valence-corrected chi connectivity index (χ2v) is 7.31. The molecule has 0 unspecified atom stereocenters. The standard InChI is InChI=1S/C24H28N2O4/c1-3-29-20-8-9-23-21(16-20)22(25-10-11-26-12-14-28-15-13-26)17-24(30-23)18-4-6-19(27-2)7-5-18/h4-9,16-17H,3,10-15H2,1-2H3/p+1. The molecule has 1 saturated heterocycles. The lowest BCUT2D eigenvalue weighted by molar-refractivity contribution is -0.906. The fourth-order valence-corrected chi connectivity index (χ4v) is 3.68. The molecule has 0 aliphatic carbocycles. The molecule has 1 aliphatic heterocycles. The molecule has 1 N–H and O–H groups in total. The number of quaternary nitrogens is 1. The van der Waals surface area contributed by atoms with E-state index in [9.17, 15) is 0 Å². The number of benzene rings is 2. The van der Waals surface area contributed by atoms with Crippen LogP contribution in [0, 0.1) is 0 Å². The molecular formula is C24H29N2O4+. The summed E-state index contributed by atoms with van der Waals surface area (Å²) in [5.41, 5.74) is 1.78. The lowest BCUT2D eigenvalue weighted by Crippen LogP contribution is -3.14. The van der Waals surface area contributed by atoms with Gasteiger partial charge in [-0.2, -0.15) is 0 Å². The van der Waals surface area contributed by atoms with Crippen molar-refractivity contribution in [3.05, 3.63) is 53.9 Å². The van der Waals surface area contributed by atoms with E-state index in [-0.39, 0.29) is 0 Å². The van der Waals surface area contributed by atoms with Gasteiger partial charge in [-0.05, 0) is 49.4 Å². The number of hydrogen-bond donors (Lipinski definition) is 1. The maximum atomic E-state index is 6.21. The molecule has 0 atom stereocenters. The summed E-state index contributed by atoms with van der Waals surface area (Å²) in [6, 6.07) is 15.8. The van der Waals surface area contributed by atoms with E-state index < -0.39 is 0 Å². The lowest BCUT2D eigenvalue weighted by atomic mass is 10.1. The number of morpholine rings is 1. The number of hydrogen-bond acceptors (Lipinski definition) is 5. The van der Waals surface area contributed by atoms with Crippen molar-refractivity contribution in [2.24, 2.45) is 4.99 Å². The highest BCUT2D eigenvalue weighted by Crippen LogP contribution is 2.26. The Morgan fingerprint density at radius 1 is 1.00 bits per heavy atom. The van der Waals surface area contributed by atoms with E-state index in [0.29, 0.717) is 6.61 Å². The molecule has 2 heterocycles. The first-order chi connectivity index (χ1) is 14.8. The monoisotopic (exact) mass is 409 g/mol. The molecule has 0 amide bonds. The van der Waals surface area contributed by atoms with Crippen molar-refractivity contribution in [3.8, 4) is 22.8 Å². The zero-order chi connectivity index (χ0) is 20.8. The van der Waals surface area contributed by atoms with Crippen molar-refractivity contribution >= 4 is 11.0 Å². The van der Waals surface area contributed by atoms with Crippen LogP contribution in [0.3, 0.4) is 0 Å². The van der Waals surface area contributed by atoms with Gasteiger partial charge in [0.25, 0.3) is 0 Å². The fourth-order valence-electron chi connectivity index (χ4n) is 3.68. The largest absolute Gasteiger partial charge is 0.497 e. The molecule has 0 radical (unpaired) electrons. The van der Waals surface area contributed by atoms with Crippen molar-refractivity contribution in [1.29, 1.82) is 0 Å². The quantitative estimate of drug-likeness (QED) is 0.651. The minimum absolute atomic E-state index is 0.624. The molecule has 6 heteroatoms. The van der Waals surface area contributed by atoms with Crippen LogP contribution in [-0.4, -0.2) is 53.1 Å². The third-order valence-corrected chi connectivity index (χ3v) is 5.35. The second-order valence-electron chi connectivity index (χ2n) is 7.31. The van der Waals surface area contributed by atoms with Crippen molar-refractivity contribution < 1.29 is 23.5 Å². The summed E-state index contributed by atoms with van der Waals surface area (Å²) >= 11 is 0. The number of nitrogens with zero attached hydrogens (tertiary/aromatic N) is 1. The summed E-state index contributed by atoms with van der Waals surface area (Å²) in [6.45, 7) is 8.13. The van der Waals surface area contributed by atoms with Crippen LogP contribution in [0.1, 0.15) is 6.92 Å². The Morgan fingerprint density at radius 3 is 2.50 bits per heavy atom. The average Bonchev–Trinajstić information content (AvgIpc) is 2.80. The van der Waals surface area contributed by atoms with E-state index in [0.717, 1.165) is 78.5 Å². The van der Waals surface area contributed by atoms with Gasteiger partial charge >= 0.3 is 0 Å². The summed E-state index contributed by atoms with van der Waals surface area (Å²) in [4.78, 5) is 6.49. The SMILES string of the molecule is CCOc1ccc2oc(-c3ccc(OC)cc3)cc(=NCC[NH+]3CCOCC3)c2c1. The smallest absolute Gasteiger partial charge is 0.137 e. The summed E-state index contributed by atoms with van der Waals surface area (Å²) in [5.74, 6) is 2.43. The molecule has 1 aliphatic rings. The molecule has 4 rings (SSSR count). The first-order valence-corrected chi connectivity index (χ1v) is 10.5. The summed E-state index contributed by atoms with van der Waals surface area (Å²) < 4.78 is 22.6. The van der Waals surface area contributed by atoms with Gasteiger partial charge in [0, 0.05) is 17.0 Å². The number of methoxy groups -OCH3 is 1. The molecule has 0 bridgehead atoms. The minimum atomic E-state index is 0.624. The van der Waals surface area contributed by atoms with Crippen molar-refractivity contribution in [3.63, 3.8) is 0 Å². The van der Waals surface area contributed by atoms with Crippen LogP contribution in [0.2, 0.25) is 0 Å². The molecule has 1 aromatic heterocycles. The van der Waals surface area contributed by atoms with Crippen LogP contribution >= 0.6 is 0 Å². The molecule has 1 fully saturated rings. The molecule has 158 valence electrons. The molecule has 6 nitrogen and oxygen atoms in total. The van der Waals surface area contributed by atoms with Gasteiger partial charge in [-0.25, -0.2) is 0 Å². The van der Waals surface area contributed by atoms with Gasteiger partial charge in [0.2, 0.25) is 0 Å². The van der Waals surface area contributed by atoms with Gasteiger partial charge in [-0.1, -0.05) is 0 Å². The summed E-state index contributed by atoms with van der Waals surface area (Å²) in [7, 11) is 1.67. The highest BCUT2D eigenvalue weighted by Gasteiger charge is 2.13. The molecule has 0 spiro atoms. The molecule has 0 saturated carbocycles. The Balaban J connectivity index is 1.70. The highest BCUT2D eigenvalue weighted by atomic mass is 16.5. The number of nitrogens with one attached hydrogen (secondary N) is 1. The normalized spacial score (nSPS) is 15.5. The summed E-state index contributed by atoms with van der Waals surface area (Å²) in [6.07, 6.45) is 0. The van der Waals surface area contributed by atoms with Crippen LogP contribution in [0.25, 0.3) is 22.3 Å². The zero-order valence-electron chi connectivity index (χ0n) is 17.6. The fraction of sp³-hybridized carbons (Fsp3) is 0.375. The first kappa shape index (κ1) is 20.4. The van der Waals surface area contributed by atoms with Crippen molar-refractivity contribution in [2.75, 3.05) is 53.1 Å². The number of ether oxygens (including phenoxy) is 3. The van der Waals surface area contributed by atoms with Gasteiger partial charge in [0.1, 0.15) is 35.9 Å². The topological polar surface area (TPSA) is 57.6 Å². The predicted octanol–water partition coefficient (Wildman–Crippen LogP) is 2.32. The van der Waals surface area contributed by atoms with Gasteiger partial charge < -0.3 is 23.5 Å². The van der Waals surface area contributed by atoms with Crippen LogP contribution in [0.15, 0.2) is 57.9 Å². The van der Waals surface area contributed by atoms with E-state index in [1.54, 1.807) is 12.0 Å². The van der Waals surface area contributed by atoms with E-state index in [4.69, 9.17) is 23.6 Å². The molecule has 3 aromatic rings. The third kappa shape index (κ3) is 4.83. The van der Waals surface area contributed by atoms with Crippen LogP contribution in [0.4, 0.5) is 0 Å². The number of fused-ring (bicyclic) bond motifs is 1. The minimum Gasteiger partial charge on any atom is -0.497 e. The zero-order valence-corrected chi connectivity index (χ0v) is 17.6. The Hall–Kier alpha value is -2.83. The van der Waals surface area contributed by atoms with Crippen molar-refractivity contribution in [1.82, 2.24) is 0 Å². The van der Waals surface area contributed by atoms with E-state index in [2.05, 4.69) is 0 Å². The Bertz CT molecular complexity index is 1040. The van der Waals surface area contributed by atoms with Gasteiger partial charge in [-0.3, -0.25) is 4.99 Å². The van der Waals surface area contributed by atoms with E-state index >= 15 is 0 Å². The first-order valence-electron chi connectivity index (χ1n) is 10.5. The Morgan fingerprint density at radius 2 is 1.77 bits per heavy atom. The highest BCUT2D eigenvalue weighted by molar-refractivity contribution is 5.80. The third-order valence-electron chi connectivity index (χ3n) is 5.35. The number of rotatable bonds is 7.